The van der Waals surface area contributed by atoms with Gasteiger partial charge in [-0.05, 0) is 36.8 Å². The molecular formula is C14H17ClF3N3OS. The van der Waals surface area contributed by atoms with E-state index in [-0.39, 0.29) is 52.6 Å². The molecule has 1 aromatic rings. The number of amides is 1. The molecule has 9 heteroatoms. The maximum Gasteiger partial charge on any atom is 0.447 e. The number of pyridine rings is 1. The van der Waals surface area contributed by atoms with Crippen LogP contribution < -0.4 is 5.73 Å². The summed E-state index contributed by atoms with van der Waals surface area (Å²) in [5, 5.41) is -0.290. The lowest BCUT2D eigenvalue weighted by molar-refractivity contribution is -0.0329. The Bertz CT molecular complexity index is 587. The van der Waals surface area contributed by atoms with Gasteiger partial charge in [0.1, 0.15) is 5.03 Å². The van der Waals surface area contributed by atoms with Crippen LogP contribution in [0.4, 0.5) is 13.2 Å². The van der Waals surface area contributed by atoms with Gasteiger partial charge >= 0.3 is 5.51 Å². The minimum Gasteiger partial charge on any atom is -0.338 e. The first-order valence-electron chi connectivity index (χ1n) is 7.11. The monoisotopic (exact) mass is 367 g/mol. The third-order valence-electron chi connectivity index (χ3n) is 4.41. The molecule has 0 radical (unpaired) electrons. The number of carbonyl (C=O) groups is 1. The molecule has 1 saturated carbocycles. The normalized spacial score (nSPS) is 26.8. The predicted octanol–water partition coefficient (Wildman–Crippen LogP) is 2.92. The molecule has 2 fully saturated rings. The van der Waals surface area contributed by atoms with Crippen LogP contribution in [0, 0.1) is 11.8 Å². The Balaban J connectivity index is 0.00000192. The molecule has 128 valence electrons. The number of halogens is 4. The van der Waals surface area contributed by atoms with Gasteiger partial charge < -0.3 is 10.6 Å². The molecule has 2 aliphatic rings. The van der Waals surface area contributed by atoms with Crippen molar-refractivity contribution in [3.8, 4) is 0 Å². The van der Waals surface area contributed by atoms with E-state index in [0.717, 1.165) is 12.8 Å². The van der Waals surface area contributed by atoms with Crippen molar-refractivity contribution in [1.82, 2.24) is 9.88 Å². The smallest absolute Gasteiger partial charge is 0.338 e. The quantitative estimate of drug-likeness (QED) is 0.816. The summed E-state index contributed by atoms with van der Waals surface area (Å²) in [6.45, 7) is 1.10. The summed E-state index contributed by atoms with van der Waals surface area (Å²) in [5.41, 5.74) is 1.58. The summed E-state index contributed by atoms with van der Waals surface area (Å²) >= 11 is -0.347. The fourth-order valence-corrected chi connectivity index (χ4v) is 3.99. The third kappa shape index (κ3) is 3.92. The lowest BCUT2D eigenvalue weighted by atomic mass is 9.98. The Morgan fingerprint density at radius 3 is 2.74 bits per heavy atom. The fraction of sp³-hybridized carbons (Fsp3) is 0.571. The third-order valence-corrected chi connectivity index (χ3v) is 5.16. The van der Waals surface area contributed by atoms with Crippen LogP contribution in [0.1, 0.15) is 23.2 Å². The topological polar surface area (TPSA) is 59.2 Å². The number of thioether (sulfide) groups is 1. The summed E-state index contributed by atoms with van der Waals surface area (Å²) in [7, 11) is 0. The molecule has 2 N–H and O–H groups in total. The van der Waals surface area contributed by atoms with Gasteiger partial charge in [-0.15, -0.1) is 12.4 Å². The molecule has 1 aliphatic carbocycles. The second-order valence-corrected chi connectivity index (χ2v) is 6.83. The summed E-state index contributed by atoms with van der Waals surface area (Å²) < 4.78 is 37.7. The van der Waals surface area contributed by atoms with E-state index in [4.69, 9.17) is 5.73 Å². The van der Waals surface area contributed by atoms with Crippen LogP contribution in [0.3, 0.4) is 0 Å². The molecule has 3 rings (SSSR count). The highest BCUT2D eigenvalue weighted by Crippen LogP contribution is 2.40. The van der Waals surface area contributed by atoms with E-state index in [1.54, 1.807) is 4.90 Å². The zero-order valence-corrected chi connectivity index (χ0v) is 13.8. The van der Waals surface area contributed by atoms with Crippen molar-refractivity contribution >= 4 is 30.1 Å². The summed E-state index contributed by atoms with van der Waals surface area (Å²) in [4.78, 5) is 17.9. The van der Waals surface area contributed by atoms with Crippen molar-refractivity contribution in [3.63, 3.8) is 0 Å². The van der Waals surface area contributed by atoms with Gasteiger partial charge in [0.2, 0.25) is 0 Å². The van der Waals surface area contributed by atoms with E-state index in [0.29, 0.717) is 19.0 Å². The van der Waals surface area contributed by atoms with Gasteiger partial charge in [-0.1, -0.05) is 0 Å². The van der Waals surface area contributed by atoms with Crippen molar-refractivity contribution in [2.45, 2.75) is 29.4 Å². The van der Waals surface area contributed by atoms with Gasteiger partial charge in [-0.3, -0.25) is 4.79 Å². The average Bonchev–Trinajstić information content (AvgIpc) is 3.00. The number of hydrogen-bond donors (Lipinski definition) is 1. The standard InChI is InChI=1S/C14H16F3N3OS.ClH/c15-14(16,17)22-12-9(2-1-5-19-12)13(21)20-6-8-3-4-11(18)10(8)7-20;/h1-2,5,8,10-11H,3-4,6-7,18H2;1H. The second-order valence-electron chi connectivity index (χ2n) is 5.78. The summed E-state index contributed by atoms with van der Waals surface area (Å²) in [6, 6.07) is 2.97. The molecule has 1 saturated heterocycles. The molecule has 23 heavy (non-hydrogen) atoms. The van der Waals surface area contributed by atoms with E-state index in [1.165, 1.54) is 18.3 Å². The molecule has 3 atom stereocenters. The average molecular weight is 368 g/mol. The summed E-state index contributed by atoms with van der Waals surface area (Å²) in [5.74, 6) is 0.245. The molecule has 3 unspecified atom stereocenters. The molecule has 0 spiro atoms. The lowest BCUT2D eigenvalue weighted by Crippen LogP contribution is -2.33. The van der Waals surface area contributed by atoms with Crippen LogP contribution in [-0.4, -0.2) is 40.4 Å². The molecule has 0 aromatic carbocycles. The molecule has 0 bridgehead atoms. The highest BCUT2D eigenvalue weighted by atomic mass is 35.5. The maximum absolute atomic E-state index is 12.6. The van der Waals surface area contributed by atoms with Gasteiger partial charge in [0.15, 0.2) is 0 Å². The van der Waals surface area contributed by atoms with Gasteiger partial charge in [-0.25, -0.2) is 4.98 Å². The van der Waals surface area contributed by atoms with Crippen molar-refractivity contribution in [2.75, 3.05) is 13.1 Å². The van der Waals surface area contributed by atoms with Gasteiger partial charge in [0, 0.05) is 37.1 Å². The van der Waals surface area contributed by atoms with Crippen LogP contribution in [0.5, 0.6) is 0 Å². The number of alkyl halides is 3. The zero-order valence-electron chi connectivity index (χ0n) is 12.1. The predicted molar refractivity (Wildman–Crippen MR) is 83.5 cm³/mol. The van der Waals surface area contributed by atoms with Gasteiger partial charge in [-0.2, -0.15) is 13.2 Å². The van der Waals surface area contributed by atoms with Crippen molar-refractivity contribution in [3.05, 3.63) is 23.9 Å². The van der Waals surface area contributed by atoms with Crippen molar-refractivity contribution in [2.24, 2.45) is 17.6 Å². The SMILES string of the molecule is Cl.NC1CCC2CN(C(=O)c3cccnc3SC(F)(F)F)CC12. The first-order chi connectivity index (χ1) is 10.3. The number of rotatable bonds is 2. The highest BCUT2D eigenvalue weighted by Gasteiger charge is 2.43. The van der Waals surface area contributed by atoms with Crippen LogP contribution in [0.15, 0.2) is 23.4 Å². The number of carbonyl (C=O) groups excluding carboxylic acids is 1. The van der Waals surface area contributed by atoms with Crippen LogP contribution in [-0.2, 0) is 0 Å². The minimum atomic E-state index is -4.47. The van der Waals surface area contributed by atoms with Crippen LogP contribution in [0.25, 0.3) is 0 Å². The van der Waals surface area contributed by atoms with Crippen molar-refractivity contribution < 1.29 is 18.0 Å². The Labute approximate surface area is 142 Å². The number of nitrogens with two attached hydrogens (primary N) is 1. The maximum atomic E-state index is 12.6. The Morgan fingerprint density at radius 2 is 2.09 bits per heavy atom. The van der Waals surface area contributed by atoms with E-state index in [2.05, 4.69) is 4.98 Å². The molecule has 1 aliphatic heterocycles. The van der Waals surface area contributed by atoms with Gasteiger partial charge in [0.25, 0.3) is 5.91 Å². The highest BCUT2D eigenvalue weighted by molar-refractivity contribution is 8.00. The van der Waals surface area contributed by atoms with Crippen LogP contribution >= 0.6 is 24.2 Å². The molecule has 1 amide bonds. The number of fused-ring (bicyclic) bond motifs is 1. The first kappa shape index (κ1) is 18.4. The summed E-state index contributed by atoms with van der Waals surface area (Å²) in [6.07, 6.45) is 3.20. The van der Waals surface area contributed by atoms with E-state index in [9.17, 15) is 18.0 Å². The second kappa shape index (κ2) is 6.86. The Morgan fingerprint density at radius 1 is 1.35 bits per heavy atom. The minimum absolute atomic E-state index is 0. The first-order valence-corrected chi connectivity index (χ1v) is 7.92. The van der Waals surface area contributed by atoms with E-state index < -0.39 is 5.51 Å². The largest absolute Gasteiger partial charge is 0.447 e. The Kier molecular flexibility index (Phi) is 5.48. The number of likely N-dealkylation sites (tertiary alicyclic amines) is 1. The molecular weight excluding hydrogens is 351 g/mol. The fourth-order valence-electron chi connectivity index (χ4n) is 3.39. The van der Waals surface area contributed by atoms with E-state index in [1.807, 2.05) is 0 Å². The number of nitrogens with zero attached hydrogens (tertiary/aromatic N) is 2. The van der Waals surface area contributed by atoms with Crippen molar-refractivity contribution in [1.29, 1.82) is 0 Å². The molecule has 2 heterocycles. The molecule has 1 aromatic heterocycles. The van der Waals surface area contributed by atoms with Gasteiger partial charge in [0.05, 0.1) is 5.56 Å². The number of hydrogen-bond acceptors (Lipinski definition) is 4. The Hall–Kier alpha value is -0.990. The lowest BCUT2D eigenvalue weighted by Gasteiger charge is -2.20. The molecule has 4 nitrogen and oxygen atoms in total. The van der Waals surface area contributed by atoms with E-state index >= 15 is 0 Å². The zero-order chi connectivity index (χ0) is 15.9. The van der Waals surface area contributed by atoms with Crippen LogP contribution in [0.2, 0.25) is 0 Å². The number of aromatic nitrogens is 1.